The number of aryl methyl sites for hydroxylation is 1. The van der Waals surface area contributed by atoms with Crippen LogP contribution in [-0.4, -0.2) is 48.0 Å². The van der Waals surface area contributed by atoms with Gasteiger partial charge in [0.2, 0.25) is 0 Å². The summed E-state index contributed by atoms with van der Waals surface area (Å²) in [6, 6.07) is 10.3. The Morgan fingerprint density at radius 2 is 2.03 bits per heavy atom. The third-order valence-corrected chi connectivity index (χ3v) is 6.16. The summed E-state index contributed by atoms with van der Waals surface area (Å²) in [5.74, 6) is 0. The van der Waals surface area contributed by atoms with Crippen LogP contribution in [0.15, 0.2) is 42.7 Å². The molecule has 4 rings (SSSR count). The molecule has 31 heavy (non-hydrogen) atoms. The number of nitrogens with zero attached hydrogens (tertiary/aromatic N) is 5. The van der Waals surface area contributed by atoms with Crippen molar-refractivity contribution in [2.24, 2.45) is 0 Å². The summed E-state index contributed by atoms with van der Waals surface area (Å²) in [7, 11) is 2.11. The van der Waals surface area contributed by atoms with Gasteiger partial charge in [-0.2, -0.15) is 0 Å². The molecular formula is C24H31N5O2. The highest BCUT2D eigenvalue weighted by molar-refractivity contribution is 5.66. The predicted molar refractivity (Wildman–Crippen MR) is 120 cm³/mol. The van der Waals surface area contributed by atoms with Crippen LogP contribution in [-0.2, 0) is 19.5 Å². The average molecular weight is 422 g/mol. The zero-order valence-corrected chi connectivity index (χ0v) is 18.7. The average Bonchev–Trinajstić information content (AvgIpc) is 3.07. The maximum atomic E-state index is 12.0. The number of rotatable bonds is 5. The van der Waals surface area contributed by atoms with Gasteiger partial charge in [-0.1, -0.05) is 12.1 Å². The first-order valence-corrected chi connectivity index (χ1v) is 10.8. The lowest BCUT2D eigenvalue weighted by Crippen LogP contribution is -2.44. The summed E-state index contributed by atoms with van der Waals surface area (Å²) < 4.78 is 2.01. The minimum atomic E-state index is -0.928. The molecule has 1 N–H and O–H groups in total. The van der Waals surface area contributed by atoms with E-state index in [0.717, 1.165) is 42.0 Å². The molecule has 1 atom stereocenters. The maximum absolute atomic E-state index is 12.0. The highest BCUT2D eigenvalue weighted by Gasteiger charge is 2.30. The molecule has 0 fully saturated rings. The van der Waals surface area contributed by atoms with E-state index in [2.05, 4.69) is 23.0 Å². The van der Waals surface area contributed by atoms with Gasteiger partial charge in [-0.25, -0.2) is 9.78 Å². The van der Waals surface area contributed by atoms with Gasteiger partial charge in [0.25, 0.3) is 0 Å². The first-order chi connectivity index (χ1) is 14.8. The molecule has 3 heterocycles. The third kappa shape index (κ3) is 4.28. The number of carboxylic acid groups (broad SMARTS) is 1. The Morgan fingerprint density at radius 1 is 1.23 bits per heavy atom. The molecule has 0 saturated carbocycles. The summed E-state index contributed by atoms with van der Waals surface area (Å²) in [5, 5.41) is 9.84. The summed E-state index contributed by atoms with van der Waals surface area (Å²) in [6.45, 7) is 6.67. The van der Waals surface area contributed by atoms with Gasteiger partial charge in [0, 0.05) is 24.5 Å². The SMILES string of the molecule is CN(Cc1nc2ccccn2c1CN(C(=O)O)C(C)(C)C)[C@H]1CCCc2cccnc21. The van der Waals surface area contributed by atoms with Crippen molar-refractivity contribution in [1.82, 2.24) is 24.2 Å². The normalized spacial score (nSPS) is 16.5. The molecule has 1 aliphatic carbocycles. The van der Waals surface area contributed by atoms with E-state index in [1.165, 1.54) is 10.5 Å². The van der Waals surface area contributed by atoms with Crippen LogP contribution in [0.5, 0.6) is 0 Å². The molecule has 0 saturated heterocycles. The zero-order valence-electron chi connectivity index (χ0n) is 18.7. The van der Waals surface area contributed by atoms with Crippen molar-refractivity contribution in [3.05, 3.63) is 65.4 Å². The summed E-state index contributed by atoms with van der Waals surface area (Å²) in [4.78, 5) is 25.3. The molecule has 0 unspecified atom stereocenters. The summed E-state index contributed by atoms with van der Waals surface area (Å²) in [5.41, 5.74) is 4.63. The van der Waals surface area contributed by atoms with Gasteiger partial charge in [-0.3, -0.25) is 14.8 Å². The maximum Gasteiger partial charge on any atom is 0.408 e. The monoisotopic (exact) mass is 421 g/mol. The van der Waals surface area contributed by atoms with Crippen LogP contribution in [0.1, 0.15) is 62.3 Å². The Bertz CT molecular complexity index is 1090. The predicted octanol–water partition coefficient (Wildman–Crippen LogP) is 4.52. The van der Waals surface area contributed by atoms with E-state index in [9.17, 15) is 9.90 Å². The van der Waals surface area contributed by atoms with E-state index in [4.69, 9.17) is 4.98 Å². The lowest BCUT2D eigenvalue weighted by Gasteiger charge is -2.34. The number of aromatic nitrogens is 3. The first-order valence-electron chi connectivity index (χ1n) is 10.8. The van der Waals surface area contributed by atoms with Crippen molar-refractivity contribution in [2.45, 2.75) is 64.7 Å². The number of imidazole rings is 1. The second-order valence-electron chi connectivity index (χ2n) is 9.34. The largest absolute Gasteiger partial charge is 0.465 e. The molecular weight excluding hydrogens is 390 g/mol. The zero-order chi connectivity index (χ0) is 22.2. The van der Waals surface area contributed by atoms with Gasteiger partial charge in [0.05, 0.1) is 29.7 Å². The van der Waals surface area contributed by atoms with E-state index >= 15 is 0 Å². The third-order valence-electron chi connectivity index (χ3n) is 6.16. The van der Waals surface area contributed by atoms with Crippen molar-refractivity contribution < 1.29 is 9.90 Å². The molecule has 3 aromatic heterocycles. The fourth-order valence-corrected chi connectivity index (χ4v) is 4.49. The number of pyridine rings is 2. The Labute approximate surface area is 183 Å². The van der Waals surface area contributed by atoms with Gasteiger partial charge in [0.15, 0.2) is 0 Å². The molecule has 0 spiro atoms. The summed E-state index contributed by atoms with van der Waals surface area (Å²) in [6.07, 6.45) is 6.18. The number of amides is 1. The van der Waals surface area contributed by atoms with Gasteiger partial charge in [-0.05, 0) is 70.8 Å². The Balaban J connectivity index is 1.68. The van der Waals surface area contributed by atoms with Crippen molar-refractivity contribution >= 4 is 11.7 Å². The smallest absolute Gasteiger partial charge is 0.408 e. The van der Waals surface area contributed by atoms with Gasteiger partial charge < -0.3 is 9.51 Å². The van der Waals surface area contributed by atoms with Crippen molar-refractivity contribution in [3.8, 4) is 0 Å². The minimum absolute atomic E-state index is 0.237. The number of carbonyl (C=O) groups is 1. The van der Waals surface area contributed by atoms with E-state index < -0.39 is 11.6 Å². The van der Waals surface area contributed by atoms with Crippen LogP contribution in [0.3, 0.4) is 0 Å². The minimum Gasteiger partial charge on any atom is -0.465 e. The van der Waals surface area contributed by atoms with Crippen molar-refractivity contribution in [3.63, 3.8) is 0 Å². The second kappa shape index (κ2) is 8.30. The Kier molecular flexibility index (Phi) is 5.71. The van der Waals surface area contributed by atoms with E-state index in [1.54, 1.807) is 0 Å². The molecule has 7 nitrogen and oxygen atoms in total. The highest BCUT2D eigenvalue weighted by Crippen LogP contribution is 2.33. The fourth-order valence-electron chi connectivity index (χ4n) is 4.49. The van der Waals surface area contributed by atoms with Gasteiger partial charge >= 0.3 is 6.09 Å². The highest BCUT2D eigenvalue weighted by atomic mass is 16.4. The molecule has 0 bridgehead atoms. The van der Waals surface area contributed by atoms with Gasteiger partial charge in [0.1, 0.15) is 5.65 Å². The number of hydrogen-bond acceptors (Lipinski definition) is 4. The Hall–Kier alpha value is -2.93. The van der Waals surface area contributed by atoms with E-state index in [1.807, 2.05) is 61.8 Å². The first kappa shape index (κ1) is 21.3. The molecule has 0 aromatic carbocycles. The fraction of sp³-hybridized carbons (Fsp3) is 0.458. The molecule has 7 heteroatoms. The standard InChI is InChI=1S/C24H31N5O2/c1-24(2,3)29(23(30)31)16-20-18(26-21-12-5-6-14-28(20)21)15-27(4)19-11-7-9-17-10-8-13-25-22(17)19/h5-6,8,10,12-14,19H,7,9,11,15-16H2,1-4H3,(H,30,31)/t19-/m0/s1. The van der Waals surface area contributed by atoms with E-state index in [-0.39, 0.29) is 12.6 Å². The molecule has 164 valence electrons. The summed E-state index contributed by atoms with van der Waals surface area (Å²) >= 11 is 0. The molecule has 3 aromatic rings. The topological polar surface area (TPSA) is 74.0 Å². The number of fused-ring (bicyclic) bond motifs is 2. The van der Waals surface area contributed by atoms with Crippen LogP contribution in [0.2, 0.25) is 0 Å². The van der Waals surface area contributed by atoms with Crippen LogP contribution in [0.25, 0.3) is 5.65 Å². The molecule has 0 radical (unpaired) electrons. The lowest BCUT2D eigenvalue weighted by atomic mass is 9.91. The quantitative estimate of drug-likeness (QED) is 0.656. The Morgan fingerprint density at radius 3 is 2.77 bits per heavy atom. The van der Waals surface area contributed by atoms with Crippen LogP contribution < -0.4 is 0 Å². The lowest BCUT2D eigenvalue weighted by molar-refractivity contribution is 0.0940. The molecule has 1 amide bonds. The number of hydrogen-bond donors (Lipinski definition) is 1. The van der Waals surface area contributed by atoms with Gasteiger partial charge in [-0.15, -0.1) is 0 Å². The van der Waals surface area contributed by atoms with E-state index in [0.29, 0.717) is 6.54 Å². The molecule has 1 aliphatic rings. The second-order valence-corrected chi connectivity index (χ2v) is 9.34. The van der Waals surface area contributed by atoms with Crippen molar-refractivity contribution in [2.75, 3.05) is 7.05 Å². The van der Waals surface area contributed by atoms with Crippen LogP contribution >= 0.6 is 0 Å². The van der Waals surface area contributed by atoms with Crippen LogP contribution in [0.4, 0.5) is 4.79 Å². The molecule has 0 aliphatic heterocycles. The van der Waals surface area contributed by atoms with Crippen LogP contribution in [0, 0.1) is 0 Å². The van der Waals surface area contributed by atoms with Crippen molar-refractivity contribution in [1.29, 1.82) is 0 Å².